The second-order valence-corrected chi connectivity index (χ2v) is 8.66. The van der Waals surface area contributed by atoms with Crippen LogP contribution in [-0.4, -0.2) is 42.5 Å². The summed E-state index contributed by atoms with van der Waals surface area (Å²) < 4.78 is 6.67. The number of nitrogens with zero attached hydrogens (tertiary/aromatic N) is 2. The summed E-state index contributed by atoms with van der Waals surface area (Å²) in [6, 6.07) is 16.1. The van der Waals surface area contributed by atoms with Crippen molar-refractivity contribution in [3.05, 3.63) is 59.1 Å². The van der Waals surface area contributed by atoms with Crippen LogP contribution in [0.4, 0.5) is 0 Å². The number of hydrogen-bond acceptors (Lipinski definition) is 5. The van der Waals surface area contributed by atoms with E-state index in [1.54, 1.807) is 7.11 Å². The van der Waals surface area contributed by atoms with Crippen LogP contribution in [0.5, 0.6) is 5.75 Å². The molecule has 0 saturated carbocycles. The molecule has 29 heavy (non-hydrogen) atoms. The highest BCUT2D eigenvalue weighted by Gasteiger charge is 2.25. The Morgan fingerprint density at radius 2 is 1.93 bits per heavy atom. The normalized spacial score (nSPS) is 16.6. The Morgan fingerprint density at radius 1 is 1.21 bits per heavy atom. The molecule has 0 aliphatic carbocycles. The van der Waals surface area contributed by atoms with Gasteiger partial charge in [0.15, 0.2) is 0 Å². The van der Waals surface area contributed by atoms with Gasteiger partial charge >= 0.3 is 0 Å². The number of nitrogens with one attached hydrogen (secondary N) is 1. The number of thiazole rings is 1. The first kappa shape index (κ1) is 19.9. The summed E-state index contributed by atoms with van der Waals surface area (Å²) in [6.07, 6.45) is 2.10. The van der Waals surface area contributed by atoms with Gasteiger partial charge in [0.25, 0.3) is 0 Å². The molecule has 0 radical (unpaired) electrons. The van der Waals surface area contributed by atoms with E-state index in [4.69, 9.17) is 9.72 Å². The van der Waals surface area contributed by atoms with Gasteiger partial charge in [0.05, 0.1) is 34.9 Å². The van der Waals surface area contributed by atoms with E-state index < -0.39 is 0 Å². The summed E-state index contributed by atoms with van der Waals surface area (Å²) in [4.78, 5) is 19.6. The quantitative estimate of drug-likeness (QED) is 0.657. The van der Waals surface area contributed by atoms with E-state index in [0.29, 0.717) is 12.5 Å². The third kappa shape index (κ3) is 4.60. The fourth-order valence-corrected chi connectivity index (χ4v) is 5.13. The molecule has 1 unspecified atom stereocenters. The predicted octanol–water partition coefficient (Wildman–Crippen LogP) is 4.36. The Labute approximate surface area is 175 Å². The van der Waals surface area contributed by atoms with E-state index in [0.717, 1.165) is 42.8 Å². The van der Waals surface area contributed by atoms with Crippen molar-refractivity contribution in [3.63, 3.8) is 0 Å². The second-order valence-electron chi connectivity index (χ2n) is 7.60. The molecule has 6 heteroatoms. The van der Waals surface area contributed by atoms with Crippen LogP contribution in [0.1, 0.15) is 42.3 Å². The molecule has 4 rings (SSSR count). The molecule has 152 valence electrons. The van der Waals surface area contributed by atoms with E-state index in [1.807, 2.05) is 48.6 Å². The average Bonchev–Trinajstić information content (AvgIpc) is 3.18. The van der Waals surface area contributed by atoms with Crippen LogP contribution in [0.3, 0.4) is 0 Å². The minimum atomic E-state index is -0.0843. The Balaban J connectivity index is 1.29. The molecule has 1 saturated heterocycles. The lowest BCUT2D eigenvalue weighted by Crippen LogP contribution is -2.41. The minimum Gasteiger partial charge on any atom is -0.496 e. The third-order valence-corrected chi connectivity index (χ3v) is 6.80. The molecule has 1 aliphatic heterocycles. The van der Waals surface area contributed by atoms with E-state index in [9.17, 15) is 4.79 Å². The SMILES string of the molecule is COc1ccccc1C(C)NC(=O)CN1CCC(c2nc3ccccc3s2)CC1. The van der Waals surface area contributed by atoms with Crippen molar-refractivity contribution in [3.8, 4) is 5.75 Å². The third-order valence-electron chi connectivity index (χ3n) is 5.60. The van der Waals surface area contributed by atoms with Crippen molar-refractivity contribution in [2.75, 3.05) is 26.7 Å². The monoisotopic (exact) mass is 409 g/mol. The van der Waals surface area contributed by atoms with Gasteiger partial charge in [0, 0.05) is 11.5 Å². The van der Waals surface area contributed by atoms with Crippen LogP contribution < -0.4 is 10.1 Å². The van der Waals surface area contributed by atoms with Gasteiger partial charge in [-0.05, 0) is 51.1 Å². The number of para-hydroxylation sites is 2. The van der Waals surface area contributed by atoms with Gasteiger partial charge in [-0.25, -0.2) is 4.98 Å². The lowest BCUT2D eigenvalue weighted by molar-refractivity contribution is -0.123. The van der Waals surface area contributed by atoms with Gasteiger partial charge in [0.1, 0.15) is 5.75 Å². The number of carbonyl (C=O) groups excluding carboxylic acids is 1. The highest BCUT2D eigenvalue weighted by Crippen LogP contribution is 2.33. The first-order valence-corrected chi connectivity index (χ1v) is 11.0. The zero-order chi connectivity index (χ0) is 20.2. The summed E-state index contributed by atoms with van der Waals surface area (Å²) in [7, 11) is 1.66. The van der Waals surface area contributed by atoms with E-state index in [2.05, 4.69) is 28.4 Å². The number of piperidine rings is 1. The molecule has 2 heterocycles. The Bertz CT molecular complexity index is 946. The van der Waals surface area contributed by atoms with Crippen molar-refractivity contribution < 1.29 is 9.53 Å². The van der Waals surface area contributed by atoms with Gasteiger partial charge in [-0.15, -0.1) is 11.3 Å². The summed E-state index contributed by atoms with van der Waals surface area (Å²) in [6.45, 7) is 4.29. The maximum absolute atomic E-state index is 12.6. The number of hydrogen-bond donors (Lipinski definition) is 1. The van der Waals surface area contributed by atoms with Crippen LogP contribution >= 0.6 is 11.3 Å². The molecule has 1 aliphatic rings. The number of likely N-dealkylation sites (tertiary alicyclic amines) is 1. The molecule has 1 atom stereocenters. The second kappa shape index (κ2) is 8.93. The van der Waals surface area contributed by atoms with Crippen molar-refractivity contribution >= 4 is 27.5 Å². The molecule has 2 aromatic carbocycles. The molecular formula is C23H27N3O2S. The molecule has 0 spiro atoms. The highest BCUT2D eigenvalue weighted by molar-refractivity contribution is 7.18. The summed E-state index contributed by atoms with van der Waals surface area (Å²) >= 11 is 1.81. The maximum Gasteiger partial charge on any atom is 0.234 e. The minimum absolute atomic E-state index is 0.0573. The fourth-order valence-electron chi connectivity index (χ4n) is 3.99. The van der Waals surface area contributed by atoms with Crippen molar-refractivity contribution in [2.24, 2.45) is 0 Å². The molecule has 0 bridgehead atoms. The fraction of sp³-hybridized carbons (Fsp3) is 0.391. The van der Waals surface area contributed by atoms with Crippen LogP contribution in [0.2, 0.25) is 0 Å². The van der Waals surface area contributed by atoms with Gasteiger partial charge in [-0.2, -0.15) is 0 Å². The predicted molar refractivity (Wildman–Crippen MR) is 118 cm³/mol. The molecule has 1 N–H and O–H groups in total. The van der Waals surface area contributed by atoms with E-state index in [1.165, 1.54) is 9.71 Å². The molecule has 1 amide bonds. The lowest BCUT2D eigenvalue weighted by Gasteiger charge is -2.30. The Hall–Kier alpha value is -2.44. The number of rotatable bonds is 6. The Morgan fingerprint density at radius 3 is 2.69 bits per heavy atom. The number of ether oxygens (including phenoxy) is 1. The van der Waals surface area contributed by atoms with Gasteiger partial charge in [-0.3, -0.25) is 9.69 Å². The topological polar surface area (TPSA) is 54.5 Å². The van der Waals surface area contributed by atoms with Crippen LogP contribution in [0.15, 0.2) is 48.5 Å². The molecule has 3 aromatic rings. The van der Waals surface area contributed by atoms with Gasteiger partial charge < -0.3 is 10.1 Å². The van der Waals surface area contributed by atoms with Crippen molar-refractivity contribution in [1.82, 2.24) is 15.2 Å². The van der Waals surface area contributed by atoms with E-state index in [-0.39, 0.29) is 11.9 Å². The first-order valence-electron chi connectivity index (χ1n) is 10.1. The van der Waals surface area contributed by atoms with Crippen LogP contribution in [0.25, 0.3) is 10.2 Å². The first-order chi connectivity index (χ1) is 14.1. The zero-order valence-corrected chi connectivity index (χ0v) is 17.7. The number of methoxy groups -OCH3 is 1. The molecule has 1 fully saturated rings. The summed E-state index contributed by atoms with van der Waals surface area (Å²) in [5, 5.41) is 4.34. The summed E-state index contributed by atoms with van der Waals surface area (Å²) in [5.74, 6) is 1.36. The van der Waals surface area contributed by atoms with E-state index >= 15 is 0 Å². The number of aromatic nitrogens is 1. The van der Waals surface area contributed by atoms with Crippen molar-refractivity contribution in [1.29, 1.82) is 0 Å². The van der Waals surface area contributed by atoms with Crippen LogP contribution in [0, 0.1) is 0 Å². The summed E-state index contributed by atoms with van der Waals surface area (Å²) in [5.41, 5.74) is 2.09. The number of amides is 1. The molecule has 1 aromatic heterocycles. The number of benzene rings is 2. The average molecular weight is 410 g/mol. The van der Waals surface area contributed by atoms with Crippen LogP contribution in [-0.2, 0) is 4.79 Å². The number of carbonyl (C=O) groups is 1. The highest BCUT2D eigenvalue weighted by atomic mass is 32.1. The van der Waals surface area contributed by atoms with Crippen molar-refractivity contribution in [2.45, 2.75) is 31.7 Å². The Kier molecular flexibility index (Phi) is 6.11. The zero-order valence-electron chi connectivity index (χ0n) is 16.9. The molecule has 5 nitrogen and oxygen atoms in total. The maximum atomic E-state index is 12.6. The standard InChI is InChI=1S/C23H27N3O2S/c1-16(18-7-3-5-9-20(18)28-2)24-22(27)15-26-13-11-17(12-14-26)23-25-19-8-4-6-10-21(19)29-23/h3-10,16-17H,11-15H2,1-2H3,(H,24,27). The van der Waals surface area contributed by atoms with Gasteiger partial charge in [-0.1, -0.05) is 30.3 Å². The smallest absolute Gasteiger partial charge is 0.234 e. The lowest BCUT2D eigenvalue weighted by atomic mass is 9.97. The number of fused-ring (bicyclic) bond motifs is 1. The van der Waals surface area contributed by atoms with Gasteiger partial charge in [0.2, 0.25) is 5.91 Å². The largest absolute Gasteiger partial charge is 0.496 e. The molecular weight excluding hydrogens is 382 g/mol.